The minimum atomic E-state index is -2.52. The lowest BCUT2D eigenvalue weighted by molar-refractivity contribution is 0.120. The van der Waals surface area contributed by atoms with Crippen molar-refractivity contribution in [3.05, 3.63) is 47.4 Å². The average molecular weight is 524 g/mol. The summed E-state index contributed by atoms with van der Waals surface area (Å²) >= 11 is 0. The molecule has 2 aliphatic rings. The third-order valence-electron chi connectivity index (χ3n) is 7.24. The Morgan fingerprint density at radius 3 is 2.76 bits per heavy atom. The van der Waals surface area contributed by atoms with Crippen molar-refractivity contribution in [1.29, 1.82) is 5.26 Å². The minimum absolute atomic E-state index is 0.0589. The molecular weight excluding hydrogens is 492 g/mol. The molecule has 0 radical (unpaired) electrons. The Hall–Kier alpha value is -3.66. The topological polar surface area (TPSA) is 118 Å². The molecule has 0 spiro atoms. The lowest BCUT2D eigenvalue weighted by Gasteiger charge is -2.31. The molecule has 1 atom stereocenters. The summed E-state index contributed by atoms with van der Waals surface area (Å²) in [7, 11) is 2.08. The van der Waals surface area contributed by atoms with Gasteiger partial charge in [0.1, 0.15) is 12.6 Å². The summed E-state index contributed by atoms with van der Waals surface area (Å²) < 4.78 is 27.5. The fourth-order valence-electron chi connectivity index (χ4n) is 4.90. The predicted octanol–water partition coefficient (Wildman–Crippen LogP) is 2.64. The van der Waals surface area contributed by atoms with Gasteiger partial charge in [0.05, 0.1) is 34.9 Å². The third kappa shape index (κ3) is 5.31. The number of piperazine rings is 1. The number of aliphatic hydroxyl groups excluding tert-OH is 1. The minimum Gasteiger partial charge on any atom is -0.395 e. The van der Waals surface area contributed by atoms with Crippen LogP contribution in [0.1, 0.15) is 23.7 Å². The number of anilines is 3. The number of benzene rings is 1. The van der Waals surface area contributed by atoms with Crippen LogP contribution < -0.4 is 10.6 Å². The van der Waals surface area contributed by atoms with Gasteiger partial charge in [0.25, 0.3) is 6.43 Å². The molecule has 1 fully saturated rings. The highest BCUT2D eigenvalue weighted by Gasteiger charge is 2.36. The van der Waals surface area contributed by atoms with E-state index in [-0.39, 0.29) is 6.61 Å². The first-order chi connectivity index (χ1) is 18.3. The van der Waals surface area contributed by atoms with E-state index in [0.717, 1.165) is 43.0 Å². The fraction of sp³-hybridized carbons (Fsp3) is 0.462. The Balaban J connectivity index is 1.44. The highest BCUT2D eigenvalue weighted by atomic mass is 19.3. The summed E-state index contributed by atoms with van der Waals surface area (Å²) in [5.41, 5.74) is 4.11. The van der Waals surface area contributed by atoms with Crippen LogP contribution in [0, 0.1) is 11.3 Å². The molecule has 200 valence electrons. The van der Waals surface area contributed by atoms with E-state index >= 15 is 0 Å². The normalized spacial score (nSPS) is 19.8. The van der Waals surface area contributed by atoms with Crippen LogP contribution in [-0.2, 0) is 18.5 Å². The van der Waals surface area contributed by atoms with Crippen molar-refractivity contribution in [3.63, 3.8) is 0 Å². The molecule has 0 unspecified atom stereocenters. The van der Waals surface area contributed by atoms with E-state index in [1.54, 1.807) is 24.5 Å². The fourth-order valence-corrected chi connectivity index (χ4v) is 4.90. The molecule has 0 bridgehead atoms. The van der Waals surface area contributed by atoms with E-state index in [1.165, 1.54) is 4.68 Å². The summed E-state index contributed by atoms with van der Waals surface area (Å²) in [4.78, 5) is 13.5. The van der Waals surface area contributed by atoms with Crippen LogP contribution in [0.3, 0.4) is 0 Å². The quantitative estimate of drug-likeness (QED) is 0.410. The monoisotopic (exact) mass is 523 g/mol. The highest BCUT2D eigenvalue weighted by molar-refractivity contribution is 5.76. The number of rotatable bonds is 8. The summed E-state index contributed by atoms with van der Waals surface area (Å²) in [6.07, 6.45) is 0.652. The number of likely N-dealkylation sites (N-methyl/N-ethyl adjacent to an activating group) is 1. The number of hydrogen-bond acceptors (Lipinski definition) is 9. The maximum Gasteiger partial charge on any atom is 0.257 e. The molecule has 2 aliphatic heterocycles. The smallest absolute Gasteiger partial charge is 0.257 e. The first-order valence-corrected chi connectivity index (χ1v) is 12.6. The van der Waals surface area contributed by atoms with Gasteiger partial charge in [-0.25, -0.2) is 18.7 Å². The maximum atomic E-state index is 13.1. The Morgan fingerprint density at radius 1 is 1.26 bits per heavy atom. The number of nitrogens with zero attached hydrogens (tertiary/aromatic N) is 7. The van der Waals surface area contributed by atoms with Gasteiger partial charge in [0, 0.05) is 62.6 Å². The highest BCUT2D eigenvalue weighted by Crippen LogP contribution is 2.41. The Bertz CT molecular complexity index is 1350. The van der Waals surface area contributed by atoms with Gasteiger partial charge in [-0.2, -0.15) is 10.4 Å². The van der Waals surface area contributed by atoms with E-state index in [0.29, 0.717) is 41.7 Å². The van der Waals surface area contributed by atoms with Gasteiger partial charge in [-0.05, 0) is 30.8 Å². The number of fused-ring (bicyclic) bond motifs is 1. The van der Waals surface area contributed by atoms with Crippen LogP contribution in [-0.4, -0.2) is 87.5 Å². The van der Waals surface area contributed by atoms with Gasteiger partial charge in [-0.1, -0.05) is 6.92 Å². The Labute approximate surface area is 219 Å². The average Bonchev–Trinajstić information content (AvgIpc) is 3.44. The van der Waals surface area contributed by atoms with Crippen molar-refractivity contribution < 1.29 is 13.9 Å². The molecule has 0 amide bonds. The second-order valence-corrected chi connectivity index (χ2v) is 10.2. The summed E-state index contributed by atoms with van der Waals surface area (Å²) in [5.74, 6) is 0.292. The van der Waals surface area contributed by atoms with Crippen LogP contribution in [0.25, 0.3) is 11.3 Å². The van der Waals surface area contributed by atoms with Crippen molar-refractivity contribution >= 4 is 17.3 Å². The van der Waals surface area contributed by atoms with E-state index in [9.17, 15) is 19.1 Å². The number of nitriles is 1. The molecule has 0 aliphatic carbocycles. The molecule has 1 aromatic carbocycles. The summed E-state index contributed by atoms with van der Waals surface area (Å²) in [6, 6.07) is 7.69. The third-order valence-corrected chi connectivity index (χ3v) is 7.24. The molecule has 38 heavy (non-hydrogen) atoms. The lowest BCUT2D eigenvalue weighted by atomic mass is 9.83. The van der Waals surface area contributed by atoms with Gasteiger partial charge in [-0.15, -0.1) is 0 Å². The number of aromatic nitrogens is 4. The van der Waals surface area contributed by atoms with Gasteiger partial charge >= 0.3 is 0 Å². The zero-order valence-electron chi connectivity index (χ0n) is 21.5. The number of nitrogens with one attached hydrogen (secondary N) is 2. The number of hydrogen-bond donors (Lipinski definition) is 3. The predicted molar refractivity (Wildman–Crippen MR) is 139 cm³/mol. The number of halogens is 2. The maximum absolute atomic E-state index is 13.1. The molecule has 2 aromatic heterocycles. The summed E-state index contributed by atoms with van der Waals surface area (Å²) in [6.45, 7) is 6.04. The molecule has 3 aromatic rings. The van der Waals surface area contributed by atoms with Gasteiger partial charge in [0.2, 0.25) is 5.95 Å². The molecule has 1 saturated heterocycles. The van der Waals surface area contributed by atoms with E-state index < -0.39 is 18.4 Å². The molecule has 4 heterocycles. The van der Waals surface area contributed by atoms with Crippen molar-refractivity contribution in [3.8, 4) is 17.3 Å². The van der Waals surface area contributed by atoms with Crippen LogP contribution >= 0.6 is 0 Å². The van der Waals surface area contributed by atoms with Crippen LogP contribution in [0.15, 0.2) is 30.6 Å². The Kier molecular flexibility index (Phi) is 7.25. The second kappa shape index (κ2) is 10.6. The zero-order chi connectivity index (χ0) is 26.9. The van der Waals surface area contributed by atoms with Crippen molar-refractivity contribution in [1.82, 2.24) is 29.5 Å². The lowest BCUT2D eigenvalue weighted by Crippen LogP contribution is -2.44. The van der Waals surface area contributed by atoms with E-state index in [4.69, 9.17) is 0 Å². The first-order valence-electron chi connectivity index (χ1n) is 12.6. The van der Waals surface area contributed by atoms with E-state index in [1.807, 2.05) is 13.0 Å². The summed E-state index contributed by atoms with van der Waals surface area (Å²) in [5, 5.41) is 30.6. The SMILES string of the molecule is CN1CCN(Cc2nn(CC(F)F)cc2Nc2nccc(-c3cc(C#N)c4c(c3)[C@@](C)(CO)CN4)n2)CC1. The first kappa shape index (κ1) is 26.0. The standard InChI is InChI=1S/C26H31F2N9O/c1-26(16-38)15-31-24-18(11-29)9-17(10-19(24)26)20-3-4-30-25(32-20)33-21-13-37(14-23(27)28)34-22(21)12-36-7-5-35(2)6-8-36/h3-4,9-10,13,23,31,38H,5-8,12,14-16H2,1-2H3,(H,30,32,33)/t26-/m1/s1. The van der Waals surface area contributed by atoms with E-state index in [2.05, 4.69) is 48.6 Å². The molecule has 5 rings (SSSR count). The molecule has 10 nitrogen and oxygen atoms in total. The molecular formula is C26H31F2N9O. The van der Waals surface area contributed by atoms with Crippen molar-refractivity contribution in [2.24, 2.45) is 0 Å². The number of alkyl halides is 2. The van der Waals surface area contributed by atoms with Crippen LogP contribution in [0.4, 0.5) is 26.1 Å². The Morgan fingerprint density at radius 2 is 2.05 bits per heavy atom. The molecule has 3 N–H and O–H groups in total. The van der Waals surface area contributed by atoms with Crippen molar-refractivity contribution in [2.75, 3.05) is 57.0 Å². The second-order valence-electron chi connectivity index (χ2n) is 10.2. The van der Waals surface area contributed by atoms with Crippen LogP contribution in [0.5, 0.6) is 0 Å². The molecule has 0 saturated carbocycles. The van der Waals surface area contributed by atoms with Gasteiger partial charge in [0.15, 0.2) is 0 Å². The number of aliphatic hydroxyl groups is 1. The van der Waals surface area contributed by atoms with Crippen LogP contribution in [0.2, 0.25) is 0 Å². The largest absolute Gasteiger partial charge is 0.395 e. The van der Waals surface area contributed by atoms with Crippen molar-refractivity contribution in [2.45, 2.75) is 31.9 Å². The molecule has 12 heteroatoms. The van der Waals surface area contributed by atoms with Gasteiger partial charge < -0.3 is 20.6 Å². The zero-order valence-corrected chi connectivity index (χ0v) is 21.5. The van der Waals surface area contributed by atoms with Gasteiger partial charge in [-0.3, -0.25) is 9.58 Å².